The molecule has 1 aromatic heterocycles. The molecular formula is C25H25N3O4S. The molecule has 7 nitrogen and oxygen atoms in total. The maximum absolute atomic E-state index is 13.6. The highest BCUT2D eigenvalue weighted by Gasteiger charge is 2.24. The number of aromatic nitrogens is 1. The monoisotopic (exact) mass is 463 g/mol. The van der Waals surface area contributed by atoms with E-state index >= 15 is 0 Å². The number of carbonyl (C=O) groups excluding carboxylic acids is 1. The molecule has 0 saturated heterocycles. The summed E-state index contributed by atoms with van der Waals surface area (Å²) in [5.41, 5.74) is 3.17. The molecule has 0 fully saturated rings. The Bertz CT molecular complexity index is 1360. The van der Waals surface area contributed by atoms with Gasteiger partial charge >= 0.3 is 0 Å². The number of hydrogen-bond donors (Lipinski definition) is 3. The molecule has 1 atom stereocenters. The minimum absolute atomic E-state index is 0.0507. The van der Waals surface area contributed by atoms with Gasteiger partial charge < -0.3 is 15.0 Å². The lowest BCUT2D eigenvalue weighted by atomic mass is 9.96. The molecule has 4 rings (SSSR count). The molecule has 0 amide bonds. The number of benzene rings is 3. The van der Waals surface area contributed by atoms with Crippen LogP contribution in [-0.4, -0.2) is 32.8 Å². The van der Waals surface area contributed by atoms with Gasteiger partial charge in [0.05, 0.1) is 23.6 Å². The van der Waals surface area contributed by atoms with E-state index in [4.69, 9.17) is 9.88 Å². The maximum Gasteiger partial charge on any atom is 0.238 e. The van der Waals surface area contributed by atoms with E-state index in [0.717, 1.165) is 22.0 Å². The highest BCUT2D eigenvalue weighted by Crippen LogP contribution is 2.30. The minimum atomic E-state index is -3.72. The van der Waals surface area contributed by atoms with Crippen molar-refractivity contribution in [3.05, 3.63) is 95.7 Å². The molecule has 4 N–H and O–H groups in total. The predicted molar refractivity (Wildman–Crippen MR) is 128 cm³/mol. The smallest absolute Gasteiger partial charge is 0.238 e. The van der Waals surface area contributed by atoms with Crippen molar-refractivity contribution >= 4 is 26.7 Å². The van der Waals surface area contributed by atoms with Gasteiger partial charge in [-0.3, -0.25) is 4.79 Å². The van der Waals surface area contributed by atoms with Gasteiger partial charge in [-0.05, 0) is 35.7 Å². The molecule has 0 aliphatic rings. The van der Waals surface area contributed by atoms with Crippen LogP contribution in [0.25, 0.3) is 10.9 Å². The van der Waals surface area contributed by atoms with E-state index < -0.39 is 16.1 Å². The van der Waals surface area contributed by atoms with E-state index in [1.165, 1.54) is 12.1 Å². The van der Waals surface area contributed by atoms with Crippen LogP contribution in [0.15, 0.2) is 83.9 Å². The van der Waals surface area contributed by atoms with Gasteiger partial charge in [-0.15, -0.1) is 0 Å². The van der Waals surface area contributed by atoms with Crippen LogP contribution in [0.5, 0.6) is 5.75 Å². The van der Waals surface area contributed by atoms with Gasteiger partial charge in [0, 0.05) is 23.7 Å². The Morgan fingerprint density at radius 1 is 1.03 bits per heavy atom. The topological polar surface area (TPSA) is 114 Å². The van der Waals surface area contributed by atoms with Gasteiger partial charge in [0.1, 0.15) is 5.75 Å². The summed E-state index contributed by atoms with van der Waals surface area (Å²) in [6, 6.07) is 21.1. The molecule has 0 aliphatic carbocycles. The van der Waals surface area contributed by atoms with E-state index in [-0.39, 0.29) is 10.7 Å². The van der Waals surface area contributed by atoms with Crippen molar-refractivity contribution in [2.45, 2.75) is 17.4 Å². The average Bonchev–Trinajstić information content (AvgIpc) is 3.26. The van der Waals surface area contributed by atoms with Gasteiger partial charge in [0.25, 0.3) is 0 Å². The number of carbonyl (C=O) groups is 1. The second-order valence-corrected chi connectivity index (χ2v) is 9.25. The first-order chi connectivity index (χ1) is 15.9. The van der Waals surface area contributed by atoms with E-state index in [1.54, 1.807) is 25.4 Å². The number of hydrogen-bond acceptors (Lipinski definition) is 5. The van der Waals surface area contributed by atoms with Crippen molar-refractivity contribution in [2.24, 2.45) is 5.14 Å². The lowest BCUT2D eigenvalue weighted by Crippen LogP contribution is -2.30. The van der Waals surface area contributed by atoms with Crippen LogP contribution >= 0.6 is 0 Å². The van der Waals surface area contributed by atoms with Crippen molar-refractivity contribution in [3.8, 4) is 5.75 Å². The Hall–Kier alpha value is -3.46. The molecule has 33 heavy (non-hydrogen) atoms. The Kier molecular flexibility index (Phi) is 6.60. The van der Waals surface area contributed by atoms with Gasteiger partial charge in [-0.25, -0.2) is 13.6 Å². The Balaban J connectivity index is 1.56. The predicted octanol–water partition coefficient (Wildman–Crippen LogP) is 3.58. The molecule has 0 radical (unpaired) electrons. The molecular weight excluding hydrogens is 438 g/mol. The zero-order valence-electron chi connectivity index (χ0n) is 18.1. The zero-order chi connectivity index (χ0) is 23.4. The molecule has 0 saturated carbocycles. The van der Waals surface area contributed by atoms with Gasteiger partial charge in [-0.2, -0.15) is 0 Å². The quantitative estimate of drug-likeness (QED) is 0.328. The number of ketones is 1. The normalized spacial score (nSPS) is 12.5. The number of aromatic amines is 1. The summed E-state index contributed by atoms with van der Waals surface area (Å²) < 4.78 is 28.3. The Morgan fingerprint density at radius 3 is 2.42 bits per heavy atom. The molecule has 8 heteroatoms. The molecule has 4 aromatic rings. The lowest BCUT2D eigenvalue weighted by molar-refractivity contribution is 0.0945. The molecule has 0 bridgehead atoms. The minimum Gasteiger partial charge on any atom is -0.495 e. The summed E-state index contributed by atoms with van der Waals surface area (Å²) in [5, 5.41) is 9.34. The molecule has 170 valence electrons. The number of fused-ring (bicyclic) bond motifs is 1. The number of primary sulfonamides is 1. The van der Waals surface area contributed by atoms with E-state index in [1.807, 2.05) is 48.5 Å². The van der Waals surface area contributed by atoms with Crippen LogP contribution in [0.3, 0.4) is 0 Å². The fraction of sp³-hybridized carbons (Fsp3) is 0.160. The van der Waals surface area contributed by atoms with Crippen LogP contribution in [0.1, 0.15) is 27.5 Å². The van der Waals surface area contributed by atoms with Crippen LogP contribution in [0.4, 0.5) is 0 Å². The third-order valence-electron chi connectivity index (χ3n) is 5.57. The summed E-state index contributed by atoms with van der Waals surface area (Å²) in [7, 11) is -2.12. The first-order valence-corrected chi connectivity index (χ1v) is 12.0. The largest absolute Gasteiger partial charge is 0.495 e. The molecule has 1 unspecified atom stereocenters. The highest BCUT2D eigenvalue weighted by molar-refractivity contribution is 7.89. The van der Waals surface area contributed by atoms with Crippen molar-refractivity contribution in [2.75, 3.05) is 13.7 Å². The van der Waals surface area contributed by atoms with Crippen molar-refractivity contribution in [3.63, 3.8) is 0 Å². The molecule has 0 spiro atoms. The lowest BCUT2D eigenvalue weighted by Gasteiger charge is -2.18. The van der Waals surface area contributed by atoms with E-state index in [0.29, 0.717) is 24.3 Å². The third-order valence-corrected chi connectivity index (χ3v) is 6.50. The summed E-state index contributed by atoms with van der Waals surface area (Å²) in [6.07, 6.45) is 2.34. The van der Waals surface area contributed by atoms with Crippen molar-refractivity contribution in [1.82, 2.24) is 10.3 Å². The standard InChI is InChI=1S/C25H25N3O4S/c1-32-22-9-5-8-20-21(16-28-24(20)22)25(29)23(18-6-3-2-4-7-18)27-15-14-17-10-12-19(13-11-17)33(26,30)31/h2-13,16,23,27-28H,14-15H2,1H3,(H2,26,30,31). The number of methoxy groups -OCH3 is 1. The van der Waals surface area contributed by atoms with Crippen LogP contribution in [-0.2, 0) is 16.4 Å². The number of ether oxygens (including phenoxy) is 1. The van der Waals surface area contributed by atoms with E-state index in [2.05, 4.69) is 10.3 Å². The average molecular weight is 464 g/mol. The zero-order valence-corrected chi connectivity index (χ0v) is 18.9. The number of Topliss-reactive ketones (excluding diaryl/α,β-unsaturated/α-hetero) is 1. The number of H-pyrrole nitrogens is 1. The van der Waals surface area contributed by atoms with Crippen LogP contribution < -0.4 is 15.2 Å². The summed E-state index contributed by atoms with van der Waals surface area (Å²) in [5.74, 6) is 0.629. The maximum atomic E-state index is 13.6. The first-order valence-electron chi connectivity index (χ1n) is 10.5. The number of rotatable bonds is 9. The van der Waals surface area contributed by atoms with Crippen molar-refractivity contribution < 1.29 is 17.9 Å². The van der Waals surface area contributed by atoms with Crippen molar-refractivity contribution in [1.29, 1.82) is 0 Å². The van der Waals surface area contributed by atoms with Gasteiger partial charge in [-0.1, -0.05) is 54.6 Å². The molecule has 3 aromatic carbocycles. The fourth-order valence-corrected chi connectivity index (χ4v) is 4.39. The number of para-hydroxylation sites is 1. The Morgan fingerprint density at radius 2 is 1.76 bits per heavy atom. The van der Waals surface area contributed by atoms with Crippen LogP contribution in [0, 0.1) is 0 Å². The molecule has 1 heterocycles. The SMILES string of the molecule is COc1cccc2c(C(=O)C(NCCc3ccc(S(N)(=O)=O)cc3)c3ccccc3)c[nH]c12. The third kappa shape index (κ3) is 4.98. The second-order valence-electron chi connectivity index (χ2n) is 7.69. The first kappa shape index (κ1) is 22.7. The van der Waals surface area contributed by atoms with E-state index in [9.17, 15) is 13.2 Å². The van der Waals surface area contributed by atoms with Crippen LogP contribution in [0.2, 0.25) is 0 Å². The summed E-state index contributed by atoms with van der Waals surface area (Å²) in [4.78, 5) is 16.9. The van der Waals surface area contributed by atoms with Gasteiger partial charge in [0.15, 0.2) is 5.78 Å². The van der Waals surface area contributed by atoms with Gasteiger partial charge in [0.2, 0.25) is 10.0 Å². The Labute approximate surface area is 192 Å². The number of sulfonamides is 1. The number of nitrogens with two attached hydrogens (primary N) is 1. The fourth-order valence-electron chi connectivity index (χ4n) is 3.87. The number of nitrogens with one attached hydrogen (secondary N) is 2. The summed E-state index contributed by atoms with van der Waals surface area (Å²) >= 11 is 0. The molecule has 0 aliphatic heterocycles. The summed E-state index contributed by atoms with van der Waals surface area (Å²) in [6.45, 7) is 0.520. The highest BCUT2D eigenvalue weighted by atomic mass is 32.2. The second kappa shape index (κ2) is 9.58.